The largest absolute Gasteiger partial charge is 0.357 e. The Kier molecular flexibility index (Phi) is 3.11. The van der Waals surface area contributed by atoms with Gasteiger partial charge in [-0.2, -0.15) is 0 Å². The summed E-state index contributed by atoms with van der Waals surface area (Å²) in [6, 6.07) is 6.11. The summed E-state index contributed by atoms with van der Waals surface area (Å²) in [5.41, 5.74) is 0.973. The van der Waals surface area contributed by atoms with Gasteiger partial charge in [0.1, 0.15) is 11.5 Å². The molecule has 0 atom stereocenters. The summed E-state index contributed by atoms with van der Waals surface area (Å²) in [6.45, 7) is 3.93. The Labute approximate surface area is 94.3 Å². The molecular formula is C11H14ClN3. The Morgan fingerprint density at radius 1 is 1.47 bits per heavy atom. The molecule has 0 fully saturated rings. The molecule has 80 valence electrons. The average molecular weight is 224 g/mol. The molecule has 4 heteroatoms. The summed E-state index contributed by atoms with van der Waals surface area (Å²) in [4.78, 5) is 6.50. The minimum atomic E-state index is 0.638. The Hall–Kier alpha value is -1.22. The minimum absolute atomic E-state index is 0.638. The van der Waals surface area contributed by atoms with Crippen LogP contribution in [0.25, 0.3) is 5.65 Å². The molecule has 3 nitrogen and oxygen atoms in total. The second-order valence-electron chi connectivity index (χ2n) is 3.31. The van der Waals surface area contributed by atoms with Crippen LogP contribution in [-0.2, 0) is 0 Å². The molecule has 2 rings (SSSR count). The molecule has 0 aliphatic rings. The molecule has 15 heavy (non-hydrogen) atoms. The van der Waals surface area contributed by atoms with Crippen LogP contribution in [0, 0.1) is 0 Å². The van der Waals surface area contributed by atoms with Gasteiger partial charge in [0.05, 0.1) is 0 Å². The number of rotatable bonds is 4. The van der Waals surface area contributed by atoms with Crippen LogP contribution in [0.3, 0.4) is 0 Å². The second-order valence-corrected chi connectivity index (χ2v) is 3.69. The lowest BCUT2D eigenvalue weighted by Gasteiger charge is -2.22. The van der Waals surface area contributed by atoms with Gasteiger partial charge in [0.15, 0.2) is 0 Å². The fourth-order valence-corrected chi connectivity index (χ4v) is 1.93. The van der Waals surface area contributed by atoms with Crippen molar-refractivity contribution in [1.29, 1.82) is 0 Å². The molecule has 0 aliphatic heterocycles. The van der Waals surface area contributed by atoms with Gasteiger partial charge in [0.2, 0.25) is 0 Å². The van der Waals surface area contributed by atoms with Crippen molar-refractivity contribution >= 4 is 23.1 Å². The first-order valence-electron chi connectivity index (χ1n) is 5.09. The summed E-state index contributed by atoms with van der Waals surface area (Å²) in [5.74, 6) is 1.78. The predicted molar refractivity (Wildman–Crippen MR) is 63.8 cm³/mol. The summed E-state index contributed by atoms with van der Waals surface area (Å²) in [7, 11) is 0. The number of fused-ring (bicyclic) bond motifs is 1. The van der Waals surface area contributed by atoms with E-state index in [0.29, 0.717) is 5.88 Å². The molecule has 2 heterocycles. The number of imidazole rings is 1. The summed E-state index contributed by atoms with van der Waals surface area (Å²) < 4.78 is 2.08. The van der Waals surface area contributed by atoms with Crippen molar-refractivity contribution in [1.82, 2.24) is 9.38 Å². The summed E-state index contributed by atoms with van der Waals surface area (Å²) >= 11 is 5.78. The molecule has 0 saturated carbocycles. The number of nitrogens with zero attached hydrogens (tertiary/aromatic N) is 3. The monoisotopic (exact) mass is 223 g/mol. The first-order chi connectivity index (χ1) is 7.36. The van der Waals surface area contributed by atoms with E-state index in [0.717, 1.165) is 24.6 Å². The van der Waals surface area contributed by atoms with Crippen molar-refractivity contribution in [3.05, 3.63) is 30.6 Å². The highest BCUT2D eigenvalue weighted by Gasteiger charge is 2.07. The number of halogens is 1. The lowest BCUT2D eigenvalue weighted by molar-refractivity contribution is 0.838. The lowest BCUT2D eigenvalue weighted by Crippen LogP contribution is -2.26. The molecule has 0 unspecified atom stereocenters. The van der Waals surface area contributed by atoms with Crippen molar-refractivity contribution in [2.75, 3.05) is 23.9 Å². The maximum atomic E-state index is 5.78. The van der Waals surface area contributed by atoms with E-state index in [4.69, 9.17) is 11.6 Å². The molecule has 0 bridgehead atoms. The highest BCUT2D eigenvalue weighted by molar-refractivity contribution is 6.18. The molecule has 0 spiro atoms. The standard InChI is InChI=1S/C11H14ClN3/c1-2-14(8-6-12)11-5-3-4-10-13-7-9-15(10)11/h3-5,7,9H,2,6,8H2,1H3. The van der Waals surface area contributed by atoms with Gasteiger partial charge >= 0.3 is 0 Å². The maximum absolute atomic E-state index is 5.78. The molecule has 2 aromatic heterocycles. The van der Waals surface area contributed by atoms with Crippen LogP contribution in [0.4, 0.5) is 5.82 Å². The van der Waals surface area contributed by atoms with Gasteiger partial charge < -0.3 is 4.90 Å². The van der Waals surface area contributed by atoms with Crippen LogP contribution in [0.2, 0.25) is 0 Å². The molecule has 0 aliphatic carbocycles. The van der Waals surface area contributed by atoms with E-state index in [1.54, 1.807) is 0 Å². The van der Waals surface area contributed by atoms with Crippen LogP contribution in [0.1, 0.15) is 6.92 Å². The van der Waals surface area contributed by atoms with Crippen LogP contribution in [0.15, 0.2) is 30.6 Å². The predicted octanol–water partition coefficient (Wildman–Crippen LogP) is 2.40. The fraction of sp³-hybridized carbons (Fsp3) is 0.364. The highest BCUT2D eigenvalue weighted by Crippen LogP contribution is 2.15. The Morgan fingerprint density at radius 3 is 3.07 bits per heavy atom. The van der Waals surface area contributed by atoms with Crippen LogP contribution in [0.5, 0.6) is 0 Å². The molecule has 0 radical (unpaired) electrons. The molecule has 0 amide bonds. The van der Waals surface area contributed by atoms with Gasteiger partial charge in [0.25, 0.3) is 0 Å². The zero-order valence-corrected chi connectivity index (χ0v) is 9.48. The minimum Gasteiger partial charge on any atom is -0.357 e. The van der Waals surface area contributed by atoms with Gasteiger partial charge in [-0.15, -0.1) is 11.6 Å². The molecule has 0 aromatic carbocycles. The van der Waals surface area contributed by atoms with Gasteiger partial charge in [-0.3, -0.25) is 4.40 Å². The number of aromatic nitrogens is 2. The average Bonchev–Trinajstić information content (AvgIpc) is 2.73. The third-order valence-electron chi connectivity index (χ3n) is 2.47. The van der Waals surface area contributed by atoms with Crippen molar-refractivity contribution < 1.29 is 0 Å². The molecule has 2 aromatic rings. The molecule has 0 saturated heterocycles. The first-order valence-corrected chi connectivity index (χ1v) is 5.63. The first kappa shape index (κ1) is 10.3. The number of hydrogen-bond donors (Lipinski definition) is 0. The van der Waals surface area contributed by atoms with Crippen molar-refractivity contribution in [2.24, 2.45) is 0 Å². The Bertz CT molecular complexity index is 438. The summed E-state index contributed by atoms with van der Waals surface area (Å²) in [6.07, 6.45) is 3.79. The van der Waals surface area contributed by atoms with E-state index in [-0.39, 0.29) is 0 Å². The van der Waals surface area contributed by atoms with E-state index in [2.05, 4.69) is 27.3 Å². The Balaban J connectivity index is 2.44. The lowest BCUT2D eigenvalue weighted by atomic mass is 10.4. The van der Waals surface area contributed by atoms with Crippen LogP contribution >= 0.6 is 11.6 Å². The quantitative estimate of drug-likeness (QED) is 0.742. The smallest absolute Gasteiger partial charge is 0.138 e. The molecular weight excluding hydrogens is 210 g/mol. The second kappa shape index (κ2) is 4.53. The SMILES string of the molecule is CCN(CCCl)c1cccc2nccn12. The van der Waals surface area contributed by atoms with Gasteiger partial charge in [-0.1, -0.05) is 6.07 Å². The summed E-state index contributed by atoms with van der Waals surface area (Å²) in [5, 5.41) is 0. The van der Waals surface area contributed by atoms with E-state index in [1.807, 2.05) is 24.5 Å². The van der Waals surface area contributed by atoms with E-state index < -0.39 is 0 Å². The fourth-order valence-electron chi connectivity index (χ4n) is 1.73. The van der Waals surface area contributed by atoms with Gasteiger partial charge in [-0.05, 0) is 19.1 Å². The highest BCUT2D eigenvalue weighted by atomic mass is 35.5. The van der Waals surface area contributed by atoms with E-state index in [9.17, 15) is 0 Å². The van der Waals surface area contributed by atoms with Crippen molar-refractivity contribution in [2.45, 2.75) is 6.92 Å². The zero-order chi connectivity index (χ0) is 10.7. The van der Waals surface area contributed by atoms with Gasteiger partial charge in [0, 0.05) is 31.4 Å². The normalized spacial score (nSPS) is 10.8. The van der Waals surface area contributed by atoms with Crippen LogP contribution < -0.4 is 4.90 Å². The number of pyridine rings is 1. The van der Waals surface area contributed by atoms with Crippen LogP contribution in [-0.4, -0.2) is 28.4 Å². The number of anilines is 1. The zero-order valence-electron chi connectivity index (χ0n) is 8.73. The van der Waals surface area contributed by atoms with Gasteiger partial charge in [-0.25, -0.2) is 4.98 Å². The van der Waals surface area contributed by atoms with Crippen molar-refractivity contribution in [3.8, 4) is 0 Å². The third-order valence-corrected chi connectivity index (χ3v) is 2.64. The maximum Gasteiger partial charge on any atom is 0.138 e. The number of hydrogen-bond acceptors (Lipinski definition) is 2. The van der Waals surface area contributed by atoms with E-state index >= 15 is 0 Å². The Morgan fingerprint density at radius 2 is 2.33 bits per heavy atom. The van der Waals surface area contributed by atoms with E-state index in [1.165, 1.54) is 0 Å². The topological polar surface area (TPSA) is 20.5 Å². The number of alkyl halides is 1. The molecule has 0 N–H and O–H groups in total. The van der Waals surface area contributed by atoms with Crippen molar-refractivity contribution in [3.63, 3.8) is 0 Å². The third kappa shape index (κ3) is 1.92.